The number of benzene rings is 1. The second-order valence-electron chi connectivity index (χ2n) is 9.54. The maximum absolute atomic E-state index is 13.5. The van der Waals surface area contributed by atoms with Crippen molar-refractivity contribution in [2.75, 3.05) is 7.05 Å². The minimum absolute atomic E-state index is 0.0451. The summed E-state index contributed by atoms with van der Waals surface area (Å²) in [5.41, 5.74) is 0.196. The van der Waals surface area contributed by atoms with Gasteiger partial charge in [0.15, 0.2) is 0 Å². The van der Waals surface area contributed by atoms with Crippen molar-refractivity contribution >= 4 is 17.9 Å². The predicted octanol–water partition coefficient (Wildman–Crippen LogP) is 3.66. The van der Waals surface area contributed by atoms with Gasteiger partial charge in [-0.1, -0.05) is 38.5 Å². The van der Waals surface area contributed by atoms with E-state index in [0.29, 0.717) is 17.5 Å². The van der Waals surface area contributed by atoms with Gasteiger partial charge in [-0.2, -0.15) is 0 Å². The van der Waals surface area contributed by atoms with Crippen molar-refractivity contribution < 1.29 is 24.2 Å². The monoisotopic (exact) mass is 449 g/mol. The zero-order valence-electron chi connectivity index (χ0n) is 20.8. The molecule has 0 spiro atoms. The van der Waals surface area contributed by atoms with Crippen LogP contribution in [-0.4, -0.2) is 52.6 Å². The van der Waals surface area contributed by atoms with Crippen molar-refractivity contribution in [3.8, 4) is 5.75 Å². The fourth-order valence-corrected chi connectivity index (χ4v) is 3.26. The SMILES string of the molecule is CCC(C)C(NC(=O)OC(C)(C)C)C(=O)N(C)C(C(=O)NC(C)C)c1cccc(C)c1O. The highest BCUT2D eigenvalue weighted by Crippen LogP contribution is 2.32. The first kappa shape index (κ1) is 27.3. The van der Waals surface area contributed by atoms with E-state index < -0.39 is 35.6 Å². The zero-order chi connectivity index (χ0) is 24.8. The number of para-hydroxylation sites is 1. The van der Waals surface area contributed by atoms with Crippen LogP contribution >= 0.6 is 0 Å². The van der Waals surface area contributed by atoms with Crippen LogP contribution in [0.4, 0.5) is 4.79 Å². The van der Waals surface area contributed by atoms with Crippen LogP contribution in [0.1, 0.15) is 72.1 Å². The van der Waals surface area contributed by atoms with E-state index in [2.05, 4.69) is 10.6 Å². The first-order valence-electron chi connectivity index (χ1n) is 11.0. The smallest absolute Gasteiger partial charge is 0.408 e. The average molecular weight is 450 g/mol. The molecule has 3 atom stereocenters. The Morgan fingerprint density at radius 2 is 1.72 bits per heavy atom. The maximum atomic E-state index is 13.5. The molecule has 0 bridgehead atoms. The van der Waals surface area contributed by atoms with Gasteiger partial charge in [0, 0.05) is 18.7 Å². The number of rotatable bonds is 8. The third-order valence-corrected chi connectivity index (χ3v) is 5.13. The van der Waals surface area contributed by atoms with Gasteiger partial charge >= 0.3 is 6.09 Å². The fraction of sp³-hybridized carbons (Fsp3) is 0.625. The van der Waals surface area contributed by atoms with E-state index in [1.165, 1.54) is 11.9 Å². The quantitative estimate of drug-likeness (QED) is 0.561. The number of nitrogens with zero attached hydrogens (tertiary/aromatic N) is 1. The molecule has 32 heavy (non-hydrogen) atoms. The van der Waals surface area contributed by atoms with E-state index in [-0.39, 0.29) is 17.7 Å². The molecule has 0 aromatic heterocycles. The molecule has 8 heteroatoms. The lowest BCUT2D eigenvalue weighted by molar-refractivity contribution is -0.142. The summed E-state index contributed by atoms with van der Waals surface area (Å²) in [6.07, 6.45) is -0.0790. The van der Waals surface area contributed by atoms with Gasteiger partial charge in [-0.3, -0.25) is 9.59 Å². The summed E-state index contributed by atoms with van der Waals surface area (Å²) in [6, 6.07) is 2.94. The van der Waals surface area contributed by atoms with E-state index in [0.717, 1.165) is 0 Å². The molecule has 1 aromatic rings. The topological polar surface area (TPSA) is 108 Å². The number of phenols is 1. The third-order valence-electron chi connectivity index (χ3n) is 5.13. The van der Waals surface area contributed by atoms with E-state index in [1.54, 1.807) is 45.9 Å². The number of aromatic hydroxyl groups is 1. The van der Waals surface area contributed by atoms with Crippen LogP contribution in [0, 0.1) is 12.8 Å². The molecular weight excluding hydrogens is 410 g/mol. The van der Waals surface area contributed by atoms with Crippen molar-refractivity contribution in [2.24, 2.45) is 5.92 Å². The lowest BCUT2D eigenvalue weighted by Crippen LogP contribution is -2.54. The molecule has 0 aliphatic rings. The minimum Gasteiger partial charge on any atom is -0.507 e. The number of hydrogen-bond donors (Lipinski definition) is 3. The molecule has 1 aromatic carbocycles. The average Bonchev–Trinajstić information content (AvgIpc) is 2.66. The second kappa shape index (κ2) is 11.2. The van der Waals surface area contributed by atoms with Gasteiger partial charge in [0.1, 0.15) is 23.4 Å². The first-order valence-corrected chi connectivity index (χ1v) is 11.0. The zero-order valence-corrected chi connectivity index (χ0v) is 20.8. The van der Waals surface area contributed by atoms with Crippen LogP contribution in [0.25, 0.3) is 0 Å². The summed E-state index contributed by atoms with van der Waals surface area (Å²) in [5.74, 6) is -1.12. The van der Waals surface area contributed by atoms with Crippen LogP contribution in [0.3, 0.4) is 0 Å². The molecule has 0 aliphatic heterocycles. The molecule has 0 aliphatic carbocycles. The van der Waals surface area contributed by atoms with Gasteiger partial charge in [-0.05, 0) is 53.0 Å². The standard InChI is InChI=1S/C24H39N3O5/c1-10-15(4)18(26-23(31)32-24(6,7)8)22(30)27(9)19(21(29)25-14(2)3)17-13-11-12-16(5)20(17)28/h11-15,18-19,28H,10H2,1-9H3,(H,25,29)(H,26,31). The fourth-order valence-electron chi connectivity index (χ4n) is 3.26. The number of amides is 3. The normalized spacial score (nSPS) is 14.3. The van der Waals surface area contributed by atoms with Crippen LogP contribution in [0.15, 0.2) is 18.2 Å². The molecule has 8 nitrogen and oxygen atoms in total. The molecular formula is C24H39N3O5. The third kappa shape index (κ3) is 7.43. The summed E-state index contributed by atoms with van der Waals surface area (Å²) < 4.78 is 5.33. The largest absolute Gasteiger partial charge is 0.507 e. The highest BCUT2D eigenvalue weighted by atomic mass is 16.6. The Morgan fingerprint density at radius 1 is 1.12 bits per heavy atom. The summed E-state index contributed by atoms with van der Waals surface area (Å²) in [7, 11) is 1.50. The molecule has 1 rings (SSSR count). The number of phenolic OH excluding ortho intramolecular Hbond substituents is 1. The van der Waals surface area contributed by atoms with Gasteiger partial charge in [0.2, 0.25) is 11.8 Å². The molecule has 0 radical (unpaired) electrons. The Kier molecular flexibility index (Phi) is 9.54. The molecule has 0 heterocycles. The lowest BCUT2D eigenvalue weighted by Gasteiger charge is -2.34. The van der Waals surface area contributed by atoms with Crippen molar-refractivity contribution in [2.45, 2.75) is 85.5 Å². The lowest BCUT2D eigenvalue weighted by atomic mass is 9.95. The number of alkyl carbamates (subject to hydrolysis) is 1. The second-order valence-corrected chi connectivity index (χ2v) is 9.54. The van der Waals surface area contributed by atoms with Crippen molar-refractivity contribution in [1.29, 1.82) is 0 Å². The number of likely N-dealkylation sites (N-methyl/N-ethyl adjacent to an activating group) is 1. The Hall–Kier alpha value is -2.77. The van der Waals surface area contributed by atoms with E-state index in [9.17, 15) is 19.5 Å². The molecule has 3 N–H and O–H groups in total. The van der Waals surface area contributed by atoms with Crippen molar-refractivity contribution in [1.82, 2.24) is 15.5 Å². The summed E-state index contributed by atoms with van der Waals surface area (Å²) in [6.45, 7) is 14.3. The first-order chi connectivity index (χ1) is 14.7. The van der Waals surface area contributed by atoms with Crippen LogP contribution in [-0.2, 0) is 14.3 Å². The van der Waals surface area contributed by atoms with E-state index >= 15 is 0 Å². The number of carbonyl (C=O) groups excluding carboxylic acids is 3. The minimum atomic E-state index is -1.07. The van der Waals surface area contributed by atoms with Gasteiger partial charge in [0.25, 0.3) is 0 Å². The van der Waals surface area contributed by atoms with Gasteiger partial charge in [-0.15, -0.1) is 0 Å². The molecule has 0 saturated carbocycles. The summed E-state index contributed by atoms with van der Waals surface area (Å²) in [5, 5.41) is 16.1. The summed E-state index contributed by atoms with van der Waals surface area (Å²) in [4.78, 5) is 40.3. The number of ether oxygens (including phenoxy) is 1. The number of aryl methyl sites for hydroxylation is 1. The Bertz CT molecular complexity index is 816. The van der Waals surface area contributed by atoms with Crippen molar-refractivity contribution in [3.63, 3.8) is 0 Å². The van der Waals surface area contributed by atoms with Crippen LogP contribution in [0.5, 0.6) is 5.75 Å². The highest BCUT2D eigenvalue weighted by molar-refractivity contribution is 5.92. The van der Waals surface area contributed by atoms with Crippen molar-refractivity contribution in [3.05, 3.63) is 29.3 Å². The van der Waals surface area contributed by atoms with Crippen LogP contribution in [0.2, 0.25) is 0 Å². The number of carbonyl (C=O) groups is 3. The van der Waals surface area contributed by atoms with Gasteiger partial charge in [0.05, 0.1) is 0 Å². The van der Waals surface area contributed by atoms with E-state index in [4.69, 9.17) is 4.74 Å². The van der Waals surface area contributed by atoms with Gasteiger partial charge in [-0.25, -0.2) is 4.79 Å². The molecule has 0 fully saturated rings. The Morgan fingerprint density at radius 3 is 2.22 bits per heavy atom. The Labute approximate surface area is 191 Å². The number of hydrogen-bond acceptors (Lipinski definition) is 5. The molecule has 3 unspecified atom stereocenters. The maximum Gasteiger partial charge on any atom is 0.408 e. The predicted molar refractivity (Wildman–Crippen MR) is 124 cm³/mol. The number of nitrogens with one attached hydrogen (secondary N) is 2. The highest BCUT2D eigenvalue weighted by Gasteiger charge is 2.37. The van der Waals surface area contributed by atoms with Gasteiger partial charge < -0.3 is 25.4 Å². The van der Waals surface area contributed by atoms with E-state index in [1.807, 2.05) is 27.7 Å². The Balaban J connectivity index is 3.36. The summed E-state index contributed by atoms with van der Waals surface area (Å²) >= 11 is 0. The molecule has 3 amide bonds. The van der Waals surface area contributed by atoms with Crippen LogP contribution < -0.4 is 10.6 Å². The molecule has 0 saturated heterocycles. The molecule has 180 valence electrons.